The molecule has 2 aliphatic rings. The number of aromatic nitrogens is 4. The zero-order valence-electron chi connectivity index (χ0n) is 34.2. The van der Waals surface area contributed by atoms with E-state index in [0.29, 0.717) is 0 Å². The van der Waals surface area contributed by atoms with Crippen molar-refractivity contribution < 1.29 is 19.5 Å². The number of hydrogen-bond acceptors (Lipinski definition) is 2. The predicted molar refractivity (Wildman–Crippen MR) is 264 cm³/mol. The number of benzene rings is 4. The van der Waals surface area contributed by atoms with Crippen LogP contribution in [0.1, 0.15) is 56.2 Å². The summed E-state index contributed by atoms with van der Waals surface area (Å²) in [4.78, 5) is 22.1. The molecule has 0 spiro atoms. The Bertz CT molecular complexity index is 2840. The monoisotopic (exact) mass is 888 g/mol. The van der Waals surface area contributed by atoms with Crippen LogP contribution in [0.15, 0.2) is 84.9 Å². The molecule has 3 aromatic heterocycles. The summed E-state index contributed by atoms with van der Waals surface area (Å²) in [5, 5.41) is 4.36. The third kappa shape index (κ3) is 7.84. The summed E-state index contributed by atoms with van der Waals surface area (Å²) >= 11 is 0. The van der Waals surface area contributed by atoms with Gasteiger partial charge in [0.1, 0.15) is 0 Å². The molecule has 0 aliphatic carbocycles. The molecule has 5 heterocycles. The van der Waals surface area contributed by atoms with Gasteiger partial charge in [-0.2, -0.15) is 0 Å². The average molecular weight is 890 g/mol. The van der Waals surface area contributed by atoms with Gasteiger partial charge in [0.05, 0.1) is 22.8 Å². The van der Waals surface area contributed by atoms with Crippen LogP contribution in [0.2, 0.25) is 0 Å². The molecule has 4 atom stereocenters. The molecular weight excluding hydrogens is 846 g/mol. The molecule has 286 valence electrons. The summed E-state index contributed by atoms with van der Waals surface area (Å²) in [6.45, 7) is 13.1. The van der Waals surface area contributed by atoms with Gasteiger partial charge in [-0.1, -0.05) is 59.7 Å². The van der Waals surface area contributed by atoms with E-state index in [1.165, 1.54) is 33.4 Å². The van der Waals surface area contributed by atoms with Gasteiger partial charge in [-0.25, -0.2) is 9.97 Å². The van der Waals surface area contributed by atoms with E-state index in [2.05, 4.69) is 188 Å². The van der Waals surface area contributed by atoms with Crippen LogP contribution in [-0.4, -0.2) is 9.97 Å². The third-order valence-corrected chi connectivity index (χ3v) is 12.3. The number of fused-ring (bicyclic) bond motifs is 8. The molecule has 0 radical (unpaired) electrons. The number of nitrogens with zero attached hydrogens (tertiary/aromatic N) is 4. The second-order valence-electron chi connectivity index (χ2n) is 15.7. The van der Waals surface area contributed by atoms with Gasteiger partial charge in [0, 0.05) is 0 Å². The van der Waals surface area contributed by atoms with Crippen molar-refractivity contribution in [3.05, 3.63) is 141 Å². The maximum atomic E-state index is 5.51. The molecule has 7 aromatic rings. The largest absolute Gasteiger partial charge is 2.00 e. The molecule has 0 saturated carbocycles. The van der Waals surface area contributed by atoms with E-state index < -0.39 is 0 Å². The standard InChI is InChI=1S/C50H44N4P4.Zn/c1-25-15-27(3)45(28(4)16-25)49-41-11-7-37(51-41)47(31-19-33(55)23-34(56)20-31)39-9-13-43(53-39)50(46-29(5)17-26(2)18-30(46)6)44-14-10-40(54-44)48(38-8-12-42(49)52-38)32-21-35(57)24-36(58)22-32;/h7-24H,55-58H2,1-6H3;/q-2;+2. The van der Waals surface area contributed by atoms with E-state index in [0.717, 1.165) is 111 Å². The van der Waals surface area contributed by atoms with E-state index in [1.54, 1.807) is 0 Å². The second-order valence-corrected chi connectivity index (χ2v) is 18.4. The minimum Gasteiger partial charge on any atom is -0.657 e. The van der Waals surface area contributed by atoms with Crippen molar-refractivity contribution in [3.63, 3.8) is 0 Å². The smallest absolute Gasteiger partial charge is 0.657 e. The van der Waals surface area contributed by atoms with Crippen molar-refractivity contribution >= 4 is 105 Å². The van der Waals surface area contributed by atoms with Crippen molar-refractivity contribution in [1.82, 2.24) is 19.9 Å². The summed E-state index contributed by atoms with van der Waals surface area (Å²) in [7, 11) is 11.5. The first-order valence-corrected chi connectivity index (χ1v) is 21.7. The van der Waals surface area contributed by atoms with Gasteiger partial charge in [0.2, 0.25) is 0 Å². The van der Waals surface area contributed by atoms with Crippen LogP contribution in [0.3, 0.4) is 0 Å². The molecule has 9 heteroatoms. The Morgan fingerprint density at radius 1 is 0.356 bits per heavy atom. The van der Waals surface area contributed by atoms with Gasteiger partial charge in [0.15, 0.2) is 0 Å². The molecule has 4 nitrogen and oxygen atoms in total. The van der Waals surface area contributed by atoms with E-state index in [-0.39, 0.29) is 19.5 Å². The van der Waals surface area contributed by atoms with Gasteiger partial charge in [-0.15, -0.1) is 59.0 Å². The Morgan fingerprint density at radius 2 is 0.627 bits per heavy atom. The maximum Gasteiger partial charge on any atom is 2.00 e. The van der Waals surface area contributed by atoms with Crippen LogP contribution in [0.4, 0.5) is 0 Å². The SMILES string of the molecule is Cc1cc(C)c(-c2c3nc(c(-c4cc(P)cc(P)c4)c4ccc([n-]4)c(-c4c(C)cc(C)cc4C)c4nc(c(-c5cc(P)cc(P)c5)c5ccc2[n-]5)C=C4)C=C3)c(C)c1.[Zn+2]. The van der Waals surface area contributed by atoms with Gasteiger partial charge in [-0.3, -0.25) is 0 Å². The molecule has 0 N–H and O–H groups in total. The van der Waals surface area contributed by atoms with E-state index in [4.69, 9.17) is 19.9 Å². The summed E-state index contributed by atoms with van der Waals surface area (Å²) < 4.78 is 0. The van der Waals surface area contributed by atoms with Crippen LogP contribution < -0.4 is 31.2 Å². The van der Waals surface area contributed by atoms with Crippen molar-refractivity contribution in [1.29, 1.82) is 0 Å². The molecule has 59 heavy (non-hydrogen) atoms. The Kier molecular flexibility index (Phi) is 11.5. The zero-order chi connectivity index (χ0) is 40.6. The maximum absolute atomic E-state index is 5.51. The fraction of sp³-hybridized carbons (Fsp3) is 0.120. The molecule has 2 aliphatic heterocycles. The van der Waals surface area contributed by atoms with Gasteiger partial charge in [-0.05, 0) is 190 Å². The molecule has 8 bridgehead atoms. The normalized spacial score (nSPS) is 12.0. The summed E-state index contributed by atoms with van der Waals surface area (Å²) in [6, 6.07) is 30.7. The van der Waals surface area contributed by atoms with E-state index in [1.807, 2.05) is 0 Å². The predicted octanol–water partition coefficient (Wildman–Crippen LogP) is 10.4. The minimum atomic E-state index is 0. The Labute approximate surface area is 368 Å². The van der Waals surface area contributed by atoms with Crippen molar-refractivity contribution in [2.24, 2.45) is 0 Å². The Morgan fingerprint density at radius 3 is 0.932 bits per heavy atom. The molecule has 9 rings (SSSR count). The quantitative estimate of drug-likeness (QED) is 0.131. The topological polar surface area (TPSA) is 54.0 Å². The molecule has 4 unspecified atom stereocenters. The molecular formula is C50H44N4P4Zn. The van der Waals surface area contributed by atoms with E-state index in [9.17, 15) is 0 Å². The summed E-state index contributed by atoms with van der Waals surface area (Å²) in [6.07, 6.45) is 8.58. The zero-order valence-corrected chi connectivity index (χ0v) is 41.8. The van der Waals surface area contributed by atoms with Crippen molar-refractivity contribution in [2.45, 2.75) is 41.5 Å². The van der Waals surface area contributed by atoms with Gasteiger partial charge >= 0.3 is 19.5 Å². The van der Waals surface area contributed by atoms with Crippen LogP contribution in [-0.2, 0) is 19.5 Å². The fourth-order valence-electron chi connectivity index (χ4n) is 8.98. The number of rotatable bonds is 4. The average Bonchev–Trinajstić information content (AvgIpc) is 3.97. The van der Waals surface area contributed by atoms with Gasteiger partial charge < -0.3 is 9.97 Å². The molecule has 0 amide bonds. The fourth-order valence-corrected chi connectivity index (χ4v) is 10.9. The van der Waals surface area contributed by atoms with E-state index >= 15 is 0 Å². The van der Waals surface area contributed by atoms with Crippen molar-refractivity contribution in [3.8, 4) is 44.5 Å². The summed E-state index contributed by atoms with van der Waals surface area (Å²) in [5.74, 6) is 0. The Hall–Kier alpha value is -4.18. The molecule has 4 aromatic carbocycles. The van der Waals surface area contributed by atoms with Crippen LogP contribution >= 0.6 is 37.0 Å². The first-order chi connectivity index (χ1) is 27.8. The second kappa shape index (κ2) is 16.4. The van der Waals surface area contributed by atoms with Crippen molar-refractivity contribution in [2.75, 3.05) is 0 Å². The third-order valence-electron chi connectivity index (χ3n) is 11.0. The first-order valence-electron chi connectivity index (χ1n) is 19.4. The first kappa shape index (κ1) is 41.6. The summed E-state index contributed by atoms with van der Waals surface area (Å²) in [5.41, 5.74) is 22.4. The number of aryl methyl sites for hydroxylation is 6. The van der Waals surface area contributed by atoms with Crippen LogP contribution in [0.5, 0.6) is 0 Å². The van der Waals surface area contributed by atoms with Gasteiger partial charge in [0.25, 0.3) is 0 Å². The number of hydrogen-bond donors (Lipinski definition) is 0. The van der Waals surface area contributed by atoms with Crippen LogP contribution in [0, 0.1) is 41.5 Å². The Balaban J connectivity index is 0.00000484. The van der Waals surface area contributed by atoms with Crippen LogP contribution in [0.25, 0.3) is 90.9 Å². The minimum absolute atomic E-state index is 0. The molecule has 0 fully saturated rings. The molecule has 0 saturated heterocycles.